The fourth-order valence-electron chi connectivity index (χ4n) is 3.27. The molecule has 2 saturated heterocycles. The highest BCUT2D eigenvalue weighted by Crippen LogP contribution is 2.46. The molecule has 0 bridgehead atoms. The van der Waals surface area contributed by atoms with Gasteiger partial charge >= 0.3 is 0 Å². The van der Waals surface area contributed by atoms with Crippen LogP contribution in [0.5, 0.6) is 5.75 Å². The van der Waals surface area contributed by atoms with E-state index in [1.165, 1.54) is 23.7 Å². The standard InChI is InChI=1S/C16H19N3OS2/c1-12-15(21-11-18-12)7-19-9-16(10-19)5-14(8-22-16)20-13-3-2-4-17-6-13/h2-4,6,11,14H,5,7-10H2,1H3/t14-/m1/s1. The number of likely N-dealkylation sites (tertiary alicyclic amines) is 1. The minimum Gasteiger partial charge on any atom is -0.488 e. The van der Waals surface area contributed by atoms with Crippen LogP contribution in [0.4, 0.5) is 0 Å². The van der Waals surface area contributed by atoms with Gasteiger partial charge in [-0.2, -0.15) is 0 Å². The van der Waals surface area contributed by atoms with Crippen molar-refractivity contribution >= 4 is 23.1 Å². The molecular weight excluding hydrogens is 314 g/mol. The van der Waals surface area contributed by atoms with Crippen LogP contribution in [-0.2, 0) is 6.54 Å². The van der Waals surface area contributed by atoms with Gasteiger partial charge in [-0.3, -0.25) is 9.88 Å². The van der Waals surface area contributed by atoms with E-state index in [2.05, 4.69) is 33.6 Å². The highest BCUT2D eigenvalue weighted by molar-refractivity contribution is 8.01. The molecule has 0 aromatic carbocycles. The van der Waals surface area contributed by atoms with Crippen LogP contribution in [0, 0.1) is 6.92 Å². The third-order valence-electron chi connectivity index (χ3n) is 4.35. The van der Waals surface area contributed by atoms with Crippen molar-refractivity contribution in [1.82, 2.24) is 14.9 Å². The predicted molar refractivity (Wildman–Crippen MR) is 90.6 cm³/mol. The number of ether oxygens (including phenoxy) is 1. The van der Waals surface area contributed by atoms with Crippen molar-refractivity contribution in [3.05, 3.63) is 40.6 Å². The molecule has 4 rings (SSSR count). The van der Waals surface area contributed by atoms with Crippen LogP contribution in [0.3, 0.4) is 0 Å². The molecule has 1 spiro atoms. The molecule has 0 aliphatic carbocycles. The van der Waals surface area contributed by atoms with Gasteiger partial charge in [0.25, 0.3) is 0 Å². The van der Waals surface area contributed by atoms with E-state index in [0.29, 0.717) is 10.9 Å². The number of hydrogen-bond donors (Lipinski definition) is 0. The Balaban J connectivity index is 1.30. The van der Waals surface area contributed by atoms with E-state index < -0.39 is 0 Å². The summed E-state index contributed by atoms with van der Waals surface area (Å²) in [6.07, 6.45) is 5.05. The maximum atomic E-state index is 6.06. The minimum atomic E-state index is 0.321. The molecule has 0 N–H and O–H groups in total. The molecule has 2 aromatic heterocycles. The average molecular weight is 333 g/mol. The molecule has 4 heterocycles. The van der Waals surface area contributed by atoms with E-state index in [1.807, 2.05) is 17.6 Å². The van der Waals surface area contributed by atoms with Gasteiger partial charge in [-0.15, -0.1) is 23.1 Å². The molecule has 2 aliphatic heterocycles. The summed E-state index contributed by atoms with van der Waals surface area (Å²) in [5.74, 6) is 1.98. The van der Waals surface area contributed by atoms with Gasteiger partial charge < -0.3 is 4.74 Å². The number of pyridine rings is 1. The fraction of sp³-hybridized carbons (Fsp3) is 0.500. The predicted octanol–water partition coefficient (Wildman–Crippen LogP) is 2.99. The second-order valence-electron chi connectivity index (χ2n) is 6.13. The smallest absolute Gasteiger partial charge is 0.138 e. The van der Waals surface area contributed by atoms with Crippen LogP contribution >= 0.6 is 23.1 Å². The summed E-state index contributed by atoms with van der Waals surface area (Å²) >= 11 is 3.85. The number of thioether (sulfide) groups is 1. The van der Waals surface area contributed by atoms with Crippen molar-refractivity contribution in [1.29, 1.82) is 0 Å². The molecule has 2 aliphatic rings. The number of hydrogen-bond acceptors (Lipinski definition) is 6. The second kappa shape index (κ2) is 5.83. The van der Waals surface area contributed by atoms with Crippen molar-refractivity contribution in [2.45, 2.75) is 30.7 Å². The van der Waals surface area contributed by atoms with Crippen LogP contribution in [0.1, 0.15) is 17.0 Å². The quantitative estimate of drug-likeness (QED) is 0.860. The summed E-state index contributed by atoms with van der Waals surface area (Å²) in [6.45, 7) is 5.49. The first-order valence-corrected chi connectivity index (χ1v) is 9.41. The third kappa shape index (κ3) is 2.87. The zero-order valence-corrected chi connectivity index (χ0v) is 14.2. The van der Waals surface area contributed by atoms with Crippen molar-refractivity contribution in [3.8, 4) is 5.75 Å². The van der Waals surface area contributed by atoms with Gasteiger partial charge in [-0.1, -0.05) is 0 Å². The van der Waals surface area contributed by atoms with Crippen molar-refractivity contribution < 1.29 is 4.74 Å². The largest absolute Gasteiger partial charge is 0.488 e. The molecule has 4 nitrogen and oxygen atoms in total. The summed E-state index contributed by atoms with van der Waals surface area (Å²) < 4.78 is 6.47. The second-order valence-corrected chi connectivity index (χ2v) is 8.56. The highest BCUT2D eigenvalue weighted by Gasteiger charge is 2.49. The fourth-order valence-corrected chi connectivity index (χ4v) is 5.66. The first kappa shape index (κ1) is 14.5. The molecule has 2 aromatic rings. The molecule has 116 valence electrons. The number of aromatic nitrogens is 2. The lowest BCUT2D eigenvalue weighted by atomic mass is 9.93. The third-order valence-corrected chi connectivity index (χ3v) is 6.84. The maximum Gasteiger partial charge on any atom is 0.138 e. The Morgan fingerprint density at radius 2 is 2.36 bits per heavy atom. The van der Waals surface area contributed by atoms with E-state index in [0.717, 1.165) is 24.5 Å². The Kier molecular flexibility index (Phi) is 3.84. The molecule has 0 radical (unpaired) electrons. The Morgan fingerprint density at radius 1 is 1.45 bits per heavy atom. The van der Waals surface area contributed by atoms with E-state index in [4.69, 9.17) is 4.74 Å². The molecule has 0 saturated carbocycles. The zero-order chi connectivity index (χ0) is 15.0. The number of thiazole rings is 1. The van der Waals surface area contributed by atoms with Crippen LogP contribution in [0.25, 0.3) is 0 Å². The Labute approximate surface area is 138 Å². The number of nitrogens with zero attached hydrogens (tertiary/aromatic N) is 3. The Hall–Kier alpha value is -1.11. The van der Waals surface area contributed by atoms with Crippen molar-refractivity contribution in [2.24, 2.45) is 0 Å². The van der Waals surface area contributed by atoms with E-state index in [9.17, 15) is 0 Å². The van der Waals surface area contributed by atoms with E-state index in [-0.39, 0.29) is 0 Å². The summed E-state index contributed by atoms with van der Waals surface area (Å²) in [6, 6.07) is 3.91. The van der Waals surface area contributed by atoms with Gasteiger partial charge in [0.15, 0.2) is 0 Å². The molecule has 1 atom stereocenters. The van der Waals surface area contributed by atoms with Gasteiger partial charge in [0, 0.05) is 47.6 Å². The van der Waals surface area contributed by atoms with Gasteiger partial charge in [0.1, 0.15) is 11.9 Å². The summed E-state index contributed by atoms with van der Waals surface area (Å²) in [4.78, 5) is 12.4. The summed E-state index contributed by atoms with van der Waals surface area (Å²) in [5, 5.41) is 0. The van der Waals surface area contributed by atoms with E-state index >= 15 is 0 Å². The number of rotatable bonds is 4. The maximum absolute atomic E-state index is 6.06. The minimum absolute atomic E-state index is 0.321. The van der Waals surface area contributed by atoms with Crippen molar-refractivity contribution in [3.63, 3.8) is 0 Å². The lowest BCUT2D eigenvalue weighted by molar-refractivity contribution is 0.0927. The van der Waals surface area contributed by atoms with Crippen LogP contribution in [0.2, 0.25) is 0 Å². The van der Waals surface area contributed by atoms with Gasteiger partial charge in [0.2, 0.25) is 0 Å². The lowest BCUT2D eigenvalue weighted by Crippen LogP contribution is -2.58. The van der Waals surface area contributed by atoms with Crippen molar-refractivity contribution in [2.75, 3.05) is 18.8 Å². The SMILES string of the molecule is Cc1ncsc1CN1CC2(C[C@@H](Oc3cccnc3)CS2)C1. The van der Waals surface area contributed by atoms with Gasteiger partial charge in [-0.25, -0.2) is 4.98 Å². The summed E-state index contributed by atoms with van der Waals surface area (Å²) in [5.41, 5.74) is 3.13. The topological polar surface area (TPSA) is 38.2 Å². The Bertz CT molecular complexity index is 640. The molecular formula is C16H19N3OS2. The first-order chi connectivity index (χ1) is 10.7. The van der Waals surface area contributed by atoms with E-state index in [1.54, 1.807) is 23.7 Å². The van der Waals surface area contributed by atoms with Crippen LogP contribution in [0.15, 0.2) is 30.0 Å². The van der Waals surface area contributed by atoms with Gasteiger partial charge in [-0.05, 0) is 19.1 Å². The normalized spacial score (nSPS) is 23.6. The van der Waals surface area contributed by atoms with Gasteiger partial charge in [0.05, 0.1) is 17.4 Å². The van der Waals surface area contributed by atoms with Crippen LogP contribution in [-0.4, -0.2) is 44.6 Å². The molecule has 6 heteroatoms. The molecule has 2 fully saturated rings. The zero-order valence-electron chi connectivity index (χ0n) is 12.6. The summed E-state index contributed by atoms with van der Waals surface area (Å²) in [7, 11) is 0. The molecule has 0 unspecified atom stereocenters. The lowest BCUT2D eigenvalue weighted by Gasteiger charge is -2.47. The molecule has 0 amide bonds. The monoisotopic (exact) mass is 333 g/mol. The number of aryl methyl sites for hydroxylation is 1. The van der Waals surface area contributed by atoms with Crippen LogP contribution < -0.4 is 4.74 Å². The first-order valence-electron chi connectivity index (χ1n) is 7.54. The Morgan fingerprint density at radius 3 is 3.09 bits per heavy atom. The highest BCUT2D eigenvalue weighted by atomic mass is 32.2. The molecule has 22 heavy (non-hydrogen) atoms. The average Bonchev–Trinajstić information content (AvgIpc) is 3.07.